The van der Waals surface area contributed by atoms with Gasteiger partial charge in [-0.1, -0.05) is 26.2 Å². The van der Waals surface area contributed by atoms with Crippen LogP contribution in [0.25, 0.3) is 0 Å². The van der Waals surface area contributed by atoms with E-state index in [9.17, 15) is 4.79 Å². The largest absolute Gasteiger partial charge is 0.356 e. The van der Waals surface area contributed by atoms with Crippen molar-refractivity contribution in [2.45, 2.75) is 45.4 Å². The molecule has 1 rings (SSSR count). The summed E-state index contributed by atoms with van der Waals surface area (Å²) in [5.41, 5.74) is 0. The first kappa shape index (κ1) is 12.5. The summed E-state index contributed by atoms with van der Waals surface area (Å²) in [5.74, 6) is 0.587. The van der Waals surface area contributed by atoms with E-state index in [4.69, 9.17) is 0 Å². The van der Waals surface area contributed by atoms with Crippen LogP contribution in [0.3, 0.4) is 0 Å². The van der Waals surface area contributed by atoms with Gasteiger partial charge in [0.2, 0.25) is 5.91 Å². The molecular formula is C12H24N2O. The minimum Gasteiger partial charge on any atom is -0.356 e. The molecule has 1 saturated carbocycles. The third kappa shape index (κ3) is 5.17. The molecule has 0 aliphatic heterocycles. The first-order valence-electron chi connectivity index (χ1n) is 6.33. The number of rotatable bonds is 6. The number of hydrogen-bond donors (Lipinski definition) is 2. The lowest BCUT2D eigenvalue weighted by atomic mass is 9.89. The Hall–Kier alpha value is -0.570. The number of carbonyl (C=O) groups is 1. The molecule has 0 bridgehead atoms. The van der Waals surface area contributed by atoms with Gasteiger partial charge in [-0.2, -0.15) is 0 Å². The molecule has 1 aliphatic rings. The second-order valence-electron chi connectivity index (χ2n) is 4.33. The van der Waals surface area contributed by atoms with E-state index in [1.165, 1.54) is 19.3 Å². The molecule has 15 heavy (non-hydrogen) atoms. The molecule has 1 amide bonds. The average molecular weight is 212 g/mol. The first-order valence-corrected chi connectivity index (χ1v) is 6.33. The van der Waals surface area contributed by atoms with Crippen LogP contribution in [0.5, 0.6) is 0 Å². The van der Waals surface area contributed by atoms with E-state index < -0.39 is 0 Å². The van der Waals surface area contributed by atoms with Gasteiger partial charge >= 0.3 is 0 Å². The number of hydrogen-bond acceptors (Lipinski definition) is 2. The molecule has 88 valence electrons. The highest BCUT2D eigenvalue weighted by atomic mass is 16.1. The van der Waals surface area contributed by atoms with E-state index in [1.807, 2.05) is 0 Å². The van der Waals surface area contributed by atoms with E-state index in [0.29, 0.717) is 5.92 Å². The van der Waals surface area contributed by atoms with Crippen LogP contribution in [-0.2, 0) is 4.79 Å². The van der Waals surface area contributed by atoms with Gasteiger partial charge in [0, 0.05) is 12.5 Å². The van der Waals surface area contributed by atoms with E-state index in [2.05, 4.69) is 17.6 Å². The zero-order valence-electron chi connectivity index (χ0n) is 9.85. The van der Waals surface area contributed by atoms with Crippen LogP contribution in [-0.4, -0.2) is 25.5 Å². The van der Waals surface area contributed by atoms with Gasteiger partial charge in [-0.15, -0.1) is 0 Å². The van der Waals surface area contributed by atoms with Crippen LogP contribution in [0, 0.1) is 5.92 Å². The fourth-order valence-electron chi connectivity index (χ4n) is 2.11. The fourth-order valence-corrected chi connectivity index (χ4v) is 2.11. The lowest BCUT2D eigenvalue weighted by molar-refractivity contribution is -0.125. The molecule has 0 aromatic carbocycles. The maximum absolute atomic E-state index is 11.7. The summed E-state index contributed by atoms with van der Waals surface area (Å²) in [6.07, 6.45) is 7.00. The van der Waals surface area contributed by atoms with Gasteiger partial charge in [0.25, 0.3) is 0 Å². The Morgan fingerprint density at radius 2 is 1.93 bits per heavy atom. The second-order valence-corrected chi connectivity index (χ2v) is 4.33. The monoisotopic (exact) mass is 212 g/mol. The van der Waals surface area contributed by atoms with Crippen molar-refractivity contribution in [3.8, 4) is 0 Å². The Kier molecular flexibility index (Phi) is 6.41. The summed E-state index contributed by atoms with van der Waals surface area (Å²) in [5, 5.41) is 6.28. The summed E-state index contributed by atoms with van der Waals surface area (Å²) >= 11 is 0. The lowest BCUT2D eigenvalue weighted by Gasteiger charge is -2.20. The Morgan fingerprint density at radius 3 is 2.60 bits per heavy atom. The first-order chi connectivity index (χ1) is 7.34. The van der Waals surface area contributed by atoms with E-state index >= 15 is 0 Å². The second kappa shape index (κ2) is 7.69. The van der Waals surface area contributed by atoms with Crippen molar-refractivity contribution in [2.75, 3.05) is 19.6 Å². The van der Waals surface area contributed by atoms with E-state index in [1.54, 1.807) is 0 Å². The van der Waals surface area contributed by atoms with Crippen molar-refractivity contribution in [1.82, 2.24) is 10.6 Å². The van der Waals surface area contributed by atoms with Gasteiger partial charge in [0.1, 0.15) is 0 Å². The van der Waals surface area contributed by atoms with Crippen LogP contribution < -0.4 is 10.6 Å². The predicted octanol–water partition coefficient (Wildman–Crippen LogP) is 1.68. The molecule has 0 atom stereocenters. The fraction of sp³-hybridized carbons (Fsp3) is 0.917. The summed E-state index contributed by atoms with van der Waals surface area (Å²) in [7, 11) is 0. The average Bonchev–Trinajstić information content (AvgIpc) is 2.30. The van der Waals surface area contributed by atoms with Crippen molar-refractivity contribution in [1.29, 1.82) is 0 Å². The van der Waals surface area contributed by atoms with Crippen molar-refractivity contribution in [2.24, 2.45) is 5.92 Å². The highest BCUT2D eigenvalue weighted by Gasteiger charge is 2.20. The topological polar surface area (TPSA) is 41.1 Å². The van der Waals surface area contributed by atoms with E-state index in [0.717, 1.165) is 38.9 Å². The number of nitrogens with one attached hydrogen (secondary N) is 2. The number of carbonyl (C=O) groups excluding carboxylic acids is 1. The van der Waals surface area contributed by atoms with Crippen LogP contribution in [0.1, 0.15) is 45.4 Å². The maximum atomic E-state index is 11.7. The quantitative estimate of drug-likeness (QED) is 0.658. The molecule has 0 spiro atoms. The molecular weight excluding hydrogens is 188 g/mol. The van der Waals surface area contributed by atoms with Crippen LogP contribution >= 0.6 is 0 Å². The molecule has 0 heterocycles. The van der Waals surface area contributed by atoms with Gasteiger partial charge in [-0.25, -0.2) is 0 Å². The summed E-state index contributed by atoms with van der Waals surface area (Å²) in [4.78, 5) is 11.7. The van der Waals surface area contributed by atoms with Crippen molar-refractivity contribution < 1.29 is 4.79 Å². The molecule has 1 aliphatic carbocycles. The van der Waals surface area contributed by atoms with Crippen LogP contribution in [0.2, 0.25) is 0 Å². The van der Waals surface area contributed by atoms with Crippen molar-refractivity contribution >= 4 is 5.91 Å². The van der Waals surface area contributed by atoms with Gasteiger partial charge in [0.15, 0.2) is 0 Å². The molecule has 0 saturated heterocycles. The molecule has 3 nitrogen and oxygen atoms in total. The standard InChI is InChI=1S/C12H24N2O/c1-2-13-9-6-10-14-12(15)11-7-4-3-5-8-11/h11,13H,2-10H2,1H3,(H,14,15). The normalized spacial score (nSPS) is 17.7. The Balaban J connectivity index is 2.02. The smallest absolute Gasteiger partial charge is 0.223 e. The molecule has 0 aromatic rings. The van der Waals surface area contributed by atoms with Crippen molar-refractivity contribution in [3.05, 3.63) is 0 Å². The van der Waals surface area contributed by atoms with Gasteiger partial charge in [0.05, 0.1) is 0 Å². The molecule has 0 unspecified atom stereocenters. The van der Waals surface area contributed by atoms with Gasteiger partial charge in [-0.3, -0.25) is 4.79 Å². The van der Waals surface area contributed by atoms with Gasteiger partial charge < -0.3 is 10.6 Å². The molecule has 3 heteroatoms. The highest BCUT2D eigenvalue weighted by Crippen LogP contribution is 2.23. The van der Waals surface area contributed by atoms with Gasteiger partial charge in [-0.05, 0) is 32.4 Å². The molecule has 0 radical (unpaired) electrons. The zero-order chi connectivity index (χ0) is 10.9. The number of amides is 1. The Bertz CT molecular complexity index is 176. The zero-order valence-corrected chi connectivity index (χ0v) is 9.85. The summed E-state index contributed by atoms with van der Waals surface area (Å²) < 4.78 is 0. The minimum atomic E-state index is 0.284. The molecule has 1 fully saturated rings. The Labute approximate surface area is 93.0 Å². The third-order valence-electron chi connectivity index (χ3n) is 3.06. The van der Waals surface area contributed by atoms with Crippen LogP contribution in [0.15, 0.2) is 0 Å². The third-order valence-corrected chi connectivity index (χ3v) is 3.06. The molecule has 2 N–H and O–H groups in total. The van der Waals surface area contributed by atoms with Crippen LogP contribution in [0.4, 0.5) is 0 Å². The minimum absolute atomic E-state index is 0.284. The maximum Gasteiger partial charge on any atom is 0.223 e. The predicted molar refractivity (Wildman–Crippen MR) is 62.7 cm³/mol. The Morgan fingerprint density at radius 1 is 1.20 bits per heavy atom. The highest BCUT2D eigenvalue weighted by molar-refractivity contribution is 5.78. The van der Waals surface area contributed by atoms with E-state index in [-0.39, 0.29) is 5.91 Å². The SMILES string of the molecule is CCNCCCNC(=O)C1CCCCC1. The lowest BCUT2D eigenvalue weighted by Crippen LogP contribution is -2.33. The molecule has 0 aromatic heterocycles. The summed E-state index contributed by atoms with van der Waals surface area (Å²) in [6, 6.07) is 0. The van der Waals surface area contributed by atoms with Crippen molar-refractivity contribution in [3.63, 3.8) is 0 Å². The summed E-state index contributed by atoms with van der Waals surface area (Å²) in [6.45, 7) is 4.93.